The largest absolute Gasteiger partial charge is 0.504 e. The van der Waals surface area contributed by atoms with Crippen LogP contribution in [-0.4, -0.2) is 51.9 Å². The molecule has 0 atom stereocenters. The normalized spacial score (nSPS) is 14.8. The van der Waals surface area contributed by atoms with Crippen LogP contribution in [0.5, 0.6) is 5.75 Å². The van der Waals surface area contributed by atoms with Gasteiger partial charge in [0.25, 0.3) is 5.91 Å². The van der Waals surface area contributed by atoms with Gasteiger partial charge in [-0.1, -0.05) is 24.3 Å². The molecule has 1 aromatic heterocycles. The predicted molar refractivity (Wildman–Crippen MR) is 105 cm³/mol. The first-order chi connectivity index (χ1) is 14.3. The van der Waals surface area contributed by atoms with Gasteiger partial charge in [-0.05, 0) is 30.3 Å². The Morgan fingerprint density at radius 3 is 2.27 bits per heavy atom. The molecule has 0 unspecified atom stereocenters. The third-order valence-electron chi connectivity index (χ3n) is 5.02. The van der Waals surface area contributed by atoms with E-state index < -0.39 is 17.6 Å². The molecule has 1 aliphatic rings. The zero-order valence-electron chi connectivity index (χ0n) is 15.9. The smallest absolute Gasteiger partial charge is 0.416 e. The van der Waals surface area contributed by atoms with Gasteiger partial charge in [-0.3, -0.25) is 4.79 Å². The van der Waals surface area contributed by atoms with Gasteiger partial charge in [0.15, 0.2) is 11.4 Å². The molecule has 156 valence electrons. The van der Waals surface area contributed by atoms with E-state index in [1.165, 1.54) is 16.9 Å². The number of nitrogens with zero attached hydrogens (tertiary/aromatic N) is 4. The molecule has 9 heteroatoms. The van der Waals surface area contributed by atoms with E-state index in [2.05, 4.69) is 5.10 Å². The molecular formula is C21H19F3N4O2. The minimum atomic E-state index is -4.40. The lowest BCUT2D eigenvalue weighted by atomic mass is 10.1. The zero-order valence-corrected chi connectivity index (χ0v) is 15.9. The second kappa shape index (κ2) is 7.74. The average molecular weight is 416 g/mol. The highest BCUT2D eigenvalue weighted by Crippen LogP contribution is 2.32. The summed E-state index contributed by atoms with van der Waals surface area (Å²) in [5.74, 6) is -0.630. The van der Waals surface area contributed by atoms with Crippen molar-refractivity contribution in [2.24, 2.45) is 0 Å². The van der Waals surface area contributed by atoms with Crippen molar-refractivity contribution in [3.63, 3.8) is 0 Å². The van der Waals surface area contributed by atoms with Crippen LogP contribution in [-0.2, 0) is 6.18 Å². The lowest BCUT2D eigenvalue weighted by Crippen LogP contribution is -2.49. The zero-order chi connectivity index (χ0) is 21.3. The number of aromatic nitrogens is 2. The molecule has 6 nitrogen and oxygen atoms in total. The maximum Gasteiger partial charge on any atom is 0.416 e. The molecule has 3 aromatic rings. The van der Waals surface area contributed by atoms with Crippen LogP contribution >= 0.6 is 0 Å². The Labute approximate surface area is 170 Å². The van der Waals surface area contributed by atoms with E-state index in [0.717, 1.165) is 12.1 Å². The van der Waals surface area contributed by atoms with Crippen molar-refractivity contribution >= 4 is 11.6 Å². The summed E-state index contributed by atoms with van der Waals surface area (Å²) in [5.41, 5.74) is 0.426. The molecule has 2 aromatic carbocycles. The Morgan fingerprint density at radius 1 is 0.933 bits per heavy atom. The molecule has 2 heterocycles. The summed E-state index contributed by atoms with van der Waals surface area (Å²) >= 11 is 0. The minimum absolute atomic E-state index is 0.0497. The Hall–Kier alpha value is -3.49. The third kappa shape index (κ3) is 3.96. The lowest BCUT2D eigenvalue weighted by molar-refractivity contribution is -0.137. The van der Waals surface area contributed by atoms with E-state index in [0.29, 0.717) is 37.6 Å². The number of halogens is 3. The average Bonchev–Trinajstić information content (AvgIpc) is 3.15. The lowest BCUT2D eigenvalue weighted by Gasteiger charge is -2.36. The number of amides is 1. The van der Waals surface area contributed by atoms with E-state index in [1.54, 1.807) is 28.0 Å². The van der Waals surface area contributed by atoms with Crippen molar-refractivity contribution in [2.75, 3.05) is 31.1 Å². The van der Waals surface area contributed by atoms with E-state index in [1.807, 2.05) is 18.2 Å². The van der Waals surface area contributed by atoms with Crippen LogP contribution < -0.4 is 4.90 Å². The third-order valence-corrected chi connectivity index (χ3v) is 5.02. The number of hydrogen-bond acceptors (Lipinski definition) is 4. The molecule has 0 aliphatic carbocycles. The number of alkyl halides is 3. The van der Waals surface area contributed by atoms with Crippen LogP contribution in [0, 0.1) is 0 Å². The Morgan fingerprint density at radius 2 is 1.60 bits per heavy atom. The van der Waals surface area contributed by atoms with Gasteiger partial charge in [0.1, 0.15) is 0 Å². The summed E-state index contributed by atoms with van der Waals surface area (Å²) in [6.45, 7) is 1.39. The van der Waals surface area contributed by atoms with Gasteiger partial charge in [-0.2, -0.15) is 18.3 Å². The molecule has 1 N–H and O–H groups in total. The summed E-state index contributed by atoms with van der Waals surface area (Å²) in [4.78, 5) is 16.2. The number of carbonyl (C=O) groups excluding carboxylic acids is 1. The number of hydrogen-bond donors (Lipinski definition) is 1. The molecule has 4 rings (SSSR count). The first-order valence-electron chi connectivity index (χ1n) is 9.38. The number of carbonyl (C=O) groups is 1. The summed E-state index contributed by atoms with van der Waals surface area (Å²) < 4.78 is 40.3. The fraction of sp³-hybridized carbons (Fsp3) is 0.238. The van der Waals surface area contributed by atoms with Gasteiger partial charge >= 0.3 is 6.18 Å². The quantitative estimate of drug-likeness (QED) is 0.709. The second-order valence-corrected chi connectivity index (χ2v) is 6.97. The maximum absolute atomic E-state index is 12.9. The second-order valence-electron chi connectivity index (χ2n) is 6.97. The molecule has 1 fully saturated rings. The Balaban J connectivity index is 1.45. The predicted octanol–water partition coefficient (Wildman–Crippen LogP) is 3.56. The van der Waals surface area contributed by atoms with Crippen LogP contribution in [0.3, 0.4) is 0 Å². The highest BCUT2D eigenvalue weighted by atomic mass is 19.4. The van der Waals surface area contributed by atoms with Gasteiger partial charge in [-0.15, -0.1) is 0 Å². The van der Waals surface area contributed by atoms with E-state index in [4.69, 9.17) is 0 Å². The molecular weight excluding hydrogens is 397 g/mol. The van der Waals surface area contributed by atoms with Crippen LogP contribution in [0.2, 0.25) is 0 Å². The molecule has 0 saturated carbocycles. The highest BCUT2D eigenvalue weighted by molar-refractivity contribution is 5.95. The topological polar surface area (TPSA) is 61.6 Å². The molecule has 1 aliphatic heterocycles. The number of benzene rings is 2. The van der Waals surface area contributed by atoms with E-state index in [-0.39, 0.29) is 11.4 Å². The van der Waals surface area contributed by atoms with Crippen molar-refractivity contribution in [1.29, 1.82) is 0 Å². The fourth-order valence-corrected chi connectivity index (χ4v) is 3.43. The first kappa shape index (κ1) is 19.8. The maximum atomic E-state index is 12.9. The first-order valence-corrected chi connectivity index (χ1v) is 9.38. The molecule has 1 amide bonds. The summed E-state index contributed by atoms with van der Waals surface area (Å²) in [6.07, 6.45) is -3.02. The number of para-hydroxylation sites is 1. The fourth-order valence-electron chi connectivity index (χ4n) is 3.43. The molecule has 0 bridgehead atoms. The van der Waals surface area contributed by atoms with Crippen molar-refractivity contribution in [3.8, 4) is 11.4 Å². The van der Waals surface area contributed by atoms with Gasteiger partial charge < -0.3 is 14.9 Å². The molecule has 0 spiro atoms. The van der Waals surface area contributed by atoms with Gasteiger partial charge in [-0.25, -0.2) is 4.68 Å². The van der Waals surface area contributed by atoms with Gasteiger partial charge in [0.05, 0.1) is 17.4 Å². The van der Waals surface area contributed by atoms with Crippen LogP contribution in [0.4, 0.5) is 18.9 Å². The summed E-state index contributed by atoms with van der Waals surface area (Å²) in [7, 11) is 0. The minimum Gasteiger partial charge on any atom is -0.504 e. The summed E-state index contributed by atoms with van der Waals surface area (Å²) in [6, 6.07) is 14.3. The van der Waals surface area contributed by atoms with Crippen molar-refractivity contribution in [1.82, 2.24) is 14.7 Å². The SMILES string of the molecule is O=C(c1nn(-c2ccccc2)cc1O)N1CCN(c2cccc(C(F)(F)F)c2)CC1. The van der Waals surface area contributed by atoms with E-state index in [9.17, 15) is 23.1 Å². The molecule has 0 radical (unpaired) electrons. The highest BCUT2D eigenvalue weighted by Gasteiger charge is 2.32. The monoisotopic (exact) mass is 416 g/mol. The van der Waals surface area contributed by atoms with Gasteiger partial charge in [0, 0.05) is 31.9 Å². The standard InChI is InChI=1S/C21H19F3N4O2/c22-21(23,24)15-5-4-8-17(13-15)26-9-11-27(12-10-26)20(30)19-18(29)14-28(25-19)16-6-2-1-3-7-16/h1-8,13-14,29H,9-12H2. The van der Waals surface area contributed by atoms with Crippen molar-refractivity contribution in [3.05, 3.63) is 72.1 Å². The number of piperazine rings is 1. The number of rotatable bonds is 3. The van der Waals surface area contributed by atoms with E-state index >= 15 is 0 Å². The number of anilines is 1. The van der Waals surface area contributed by atoms with Gasteiger partial charge in [0.2, 0.25) is 0 Å². The Kier molecular flexibility index (Phi) is 5.11. The van der Waals surface area contributed by atoms with Crippen molar-refractivity contribution < 1.29 is 23.1 Å². The van der Waals surface area contributed by atoms with Crippen LogP contribution in [0.15, 0.2) is 60.8 Å². The van der Waals surface area contributed by atoms with Crippen molar-refractivity contribution in [2.45, 2.75) is 6.18 Å². The van der Waals surface area contributed by atoms with Crippen LogP contribution in [0.1, 0.15) is 16.1 Å². The molecule has 30 heavy (non-hydrogen) atoms. The Bertz CT molecular complexity index is 1040. The van der Waals surface area contributed by atoms with Crippen LogP contribution in [0.25, 0.3) is 5.69 Å². The summed E-state index contributed by atoms with van der Waals surface area (Å²) in [5, 5.41) is 14.4. The number of aromatic hydroxyl groups is 1. The molecule has 1 saturated heterocycles.